The number of rotatable bonds is 7. The number of nitrogens with one attached hydrogen (secondary N) is 1. The molecule has 142 valence electrons. The molecule has 0 saturated heterocycles. The number of para-hydroxylation sites is 1. The maximum absolute atomic E-state index is 12.2. The number of thiazole rings is 1. The van der Waals surface area contributed by atoms with Crippen LogP contribution >= 0.6 is 23.1 Å². The van der Waals surface area contributed by atoms with Gasteiger partial charge in [-0.15, -0.1) is 23.1 Å². The van der Waals surface area contributed by atoms with Crippen molar-refractivity contribution in [2.24, 2.45) is 0 Å². The van der Waals surface area contributed by atoms with Crippen molar-refractivity contribution in [2.45, 2.75) is 5.75 Å². The van der Waals surface area contributed by atoms with E-state index in [4.69, 9.17) is 9.15 Å². The maximum Gasteiger partial charge on any atom is 0.236 e. The average molecular weight is 411 g/mol. The van der Waals surface area contributed by atoms with Gasteiger partial charge in [-0.2, -0.15) is 0 Å². The number of anilines is 1. The molecule has 0 spiro atoms. The minimum Gasteiger partial charge on any atom is -0.493 e. The number of aromatic nitrogens is 1. The van der Waals surface area contributed by atoms with Gasteiger partial charge in [-0.1, -0.05) is 42.5 Å². The molecule has 7 heteroatoms. The number of methoxy groups -OCH3 is 1. The van der Waals surface area contributed by atoms with E-state index in [1.165, 1.54) is 16.9 Å². The Morgan fingerprint density at radius 2 is 2.07 bits per heavy atom. The van der Waals surface area contributed by atoms with E-state index in [2.05, 4.69) is 22.4 Å². The molecule has 2 heterocycles. The minimum atomic E-state index is -0.0619. The zero-order valence-electron chi connectivity index (χ0n) is 15.2. The summed E-state index contributed by atoms with van der Waals surface area (Å²) in [4.78, 5) is 16.6. The maximum atomic E-state index is 12.2. The number of furan rings is 1. The summed E-state index contributed by atoms with van der Waals surface area (Å²) in [5.74, 6) is 2.45. The number of carbonyl (C=O) groups is 1. The Balaban J connectivity index is 1.38. The highest BCUT2D eigenvalue weighted by Crippen LogP contribution is 2.34. The van der Waals surface area contributed by atoms with Crippen LogP contribution in [0.25, 0.3) is 22.4 Å². The number of nitrogens with zero attached hydrogens (tertiary/aromatic N) is 1. The quantitative estimate of drug-likeness (QED) is 0.440. The van der Waals surface area contributed by atoms with Crippen LogP contribution in [0.15, 0.2) is 64.4 Å². The van der Waals surface area contributed by atoms with Gasteiger partial charge < -0.3 is 14.5 Å². The van der Waals surface area contributed by atoms with E-state index in [1.807, 2.05) is 47.8 Å². The number of ether oxygens (including phenoxy) is 1. The molecule has 0 atom stereocenters. The summed E-state index contributed by atoms with van der Waals surface area (Å²) in [6.07, 6.45) is 0. The zero-order chi connectivity index (χ0) is 19.3. The molecule has 5 nitrogen and oxygen atoms in total. The molecule has 0 bridgehead atoms. The second-order valence-corrected chi connectivity index (χ2v) is 7.90. The van der Waals surface area contributed by atoms with Crippen LogP contribution in [0.4, 0.5) is 5.13 Å². The van der Waals surface area contributed by atoms with E-state index in [0.29, 0.717) is 33.7 Å². The summed E-state index contributed by atoms with van der Waals surface area (Å²) in [6, 6.07) is 17.8. The first kappa shape index (κ1) is 18.6. The largest absolute Gasteiger partial charge is 0.493 e. The summed E-state index contributed by atoms with van der Waals surface area (Å²) >= 11 is 2.96. The van der Waals surface area contributed by atoms with Gasteiger partial charge in [0.2, 0.25) is 5.91 Å². The highest BCUT2D eigenvalue weighted by molar-refractivity contribution is 7.99. The summed E-state index contributed by atoms with van der Waals surface area (Å²) in [7, 11) is 1.61. The number of thioether (sulfide) groups is 1. The highest BCUT2D eigenvalue weighted by atomic mass is 32.2. The average Bonchev–Trinajstić information content (AvgIpc) is 3.35. The van der Waals surface area contributed by atoms with Gasteiger partial charge >= 0.3 is 0 Å². The van der Waals surface area contributed by atoms with Crippen LogP contribution in [-0.2, 0) is 10.5 Å². The lowest BCUT2D eigenvalue weighted by Gasteiger charge is -2.02. The third kappa shape index (κ3) is 4.21. The molecule has 28 heavy (non-hydrogen) atoms. The Morgan fingerprint density at radius 3 is 2.89 bits per heavy atom. The first-order valence-electron chi connectivity index (χ1n) is 8.67. The lowest BCUT2D eigenvalue weighted by Crippen LogP contribution is -2.13. The van der Waals surface area contributed by atoms with Gasteiger partial charge in [-0.3, -0.25) is 4.79 Å². The third-order valence-corrected chi connectivity index (χ3v) is 5.84. The molecule has 4 rings (SSSR count). The van der Waals surface area contributed by atoms with E-state index < -0.39 is 0 Å². The Morgan fingerprint density at radius 1 is 1.21 bits per heavy atom. The monoisotopic (exact) mass is 410 g/mol. The van der Waals surface area contributed by atoms with E-state index in [-0.39, 0.29) is 5.91 Å². The van der Waals surface area contributed by atoms with E-state index in [9.17, 15) is 4.79 Å². The fraction of sp³-hybridized carbons (Fsp3) is 0.143. The molecule has 4 aromatic rings. The van der Waals surface area contributed by atoms with E-state index in [1.54, 1.807) is 18.9 Å². The molecule has 0 aliphatic carbocycles. The normalized spacial score (nSPS) is 10.9. The number of benzene rings is 2. The predicted molar refractivity (Wildman–Crippen MR) is 115 cm³/mol. The second-order valence-electron chi connectivity index (χ2n) is 6.05. The van der Waals surface area contributed by atoms with Crippen LogP contribution in [0.5, 0.6) is 5.75 Å². The molecular weight excluding hydrogens is 392 g/mol. The van der Waals surface area contributed by atoms with Crippen molar-refractivity contribution < 1.29 is 13.9 Å². The lowest BCUT2D eigenvalue weighted by molar-refractivity contribution is -0.113. The summed E-state index contributed by atoms with van der Waals surface area (Å²) in [5, 5.41) is 6.24. The van der Waals surface area contributed by atoms with Crippen molar-refractivity contribution in [1.29, 1.82) is 0 Å². The number of fused-ring (bicyclic) bond motifs is 1. The molecule has 0 unspecified atom stereocenters. The van der Waals surface area contributed by atoms with E-state index in [0.717, 1.165) is 11.1 Å². The first-order valence-corrected chi connectivity index (χ1v) is 10.7. The van der Waals surface area contributed by atoms with Crippen molar-refractivity contribution in [2.75, 3.05) is 18.2 Å². The van der Waals surface area contributed by atoms with Gasteiger partial charge in [0.15, 0.2) is 22.2 Å². The Kier molecular flexibility index (Phi) is 5.64. The van der Waals surface area contributed by atoms with Crippen LogP contribution in [0.3, 0.4) is 0 Å². The molecule has 0 aliphatic heterocycles. The molecule has 1 N–H and O–H groups in total. The van der Waals surface area contributed by atoms with Gasteiger partial charge in [0.05, 0.1) is 12.9 Å². The standard InChI is InChI=1S/C21H18N2O3S2/c1-25-17-9-5-8-15-10-18(26-20(15)17)16-12-28-21(22-16)23-19(24)13-27-11-14-6-3-2-4-7-14/h2-10,12H,11,13H2,1H3,(H,22,23,24). The highest BCUT2D eigenvalue weighted by Gasteiger charge is 2.14. The van der Waals surface area contributed by atoms with Crippen LogP contribution < -0.4 is 10.1 Å². The fourth-order valence-electron chi connectivity index (χ4n) is 2.76. The SMILES string of the molecule is COc1cccc2cc(-c3csc(NC(=O)CSCc4ccccc4)n3)oc12. The minimum absolute atomic E-state index is 0.0619. The summed E-state index contributed by atoms with van der Waals surface area (Å²) < 4.78 is 11.2. The number of amides is 1. The first-order chi connectivity index (χ1) is 13.7. The molecule has 0 saturated carbocycles. The van der Waals surface area contributed by atoms with Gasteiger partial charge in [-0.05, 0) is 17.7 Å². The molecule has 0 aliphatic rings. The smallest absolute Gasteiger partial charge is 0.236 e. The molecular formula is C21H18N2O3S2. The topological polar surface area (TPSA) is 64.4 Å². The van der Waals surface area contributed by atoms with Gasteiger partial charge in [0.25, 0.3) is 0 Å². The molecule has 0 fully saturated rings. The van der Waals surface area contributed by atoms with Crippen LogP contribution in [0, 0.1) is 0 Å². The van der Waals surface area contributed by atoms with Crippen molar-refractivity contribution in [3.8, 4) is 17.2 Å². The summed E-state index contributed by atoms with van der Waals surface area (Å²) in [6.45, 7) is 0. The Labute approximate surface area is 170 Å². The Hall–Kier alpha value is -2.77. The van der Waals surface area contributed by atoms with Crippen molar-refractivity contribution in [1.82, 2.24) is 4.98 Å². The molecule has 1 amide bonds. The Bertz CT molecular complexity index is 1090. The van der Waals surface area contributed by atoms with Crippen molar-refractivity contribution >= 4 is 45.1 Å². The van der Waals surface area contributed by atoms with Crippen LogP contribution in [-0.4, -0.2) is 23.8 Å². The fourth-order valence-corrected chi connectivity index (χ4v) is 4.26. The molecule has 0 radical (unpaired) electrons. The predicted octanol–water partition coefficient (Wildman–Crippen LogP) is 5.44. The van der Waals surface area contributed by atoms with E-state index >= 15 is 0 Å². The van der Waals surface area contributed by atoms with Gasteiger partial charge in [0, 0.05) is 16.5 Å². The van der Waals surface area contributed by atoms with Gasteiger partial charge in [-0.25, -0.2) is 4.98 Å². The number of hydrogen-bond donors (Lipinski definition) is 1. The molecule has 2 aromatic carbocycles. The van der Waals surface area contributed by atoms with Crippen LogP contribution in [0.1, 0.15) is 5.56 Å². The van der Waals surface area contributed by atoms with Crippen molar-refractivity contribution in [3.05, 3.63) is 65.5 Å². The third-order valence-electron chi connectivity index (χ3n) is 4.08. The zero-order valence-corrected chi connectivity index (χ0v) is 16.8. The number of carbonyl (C=O) groups excluding carboxylic acids is 1. The lowest BCUT2D eigenvalue weighted by atomic mass is 10.2. The van der Waals surface area contributed by atoms with Gasteiger partial charge in [0.1, 0.15) is 5.69 Å². The van der Waals surface area contributed by atoms with Crippen LogP contribution in [0.2, 0.25) is 0 Å². The summed E-state index contributed by atoms with van der Waals surface area (Å²) in [5.41, 5.74) is 2.59. The van der Waals surface area contributed by atoms with Crippen molar-refractivity contribution in [3.63, 3.8) is 0 Å². The number of hydrogen-bond acceptors (Lipinski definition) is 6. The molecule has 2 aromatic heterocycles. The second kappa shape index (κ2) is 8.50.